The number of allylic oxidation sites excluding steroid dienone is 1. The zero-order chi connectivity index (χ0) is 11.1. The monoisotopic (exact) mass is 230 g/mol. The van der Waals surface area contributed by atoms with E-state index in [1.54, 1.807) is 5.82 Å². The van der Waals surface area contributed by atoms with Crippen LogP contribution in [0.15, 0.2) is 11.9 Å². The van der Waals surface area contributed by atoms with Gasteiger partial charge in [0.1, 0.15) is 0 Å². The molecule has 0 aromatic rings. The average Bonchev–Trinajstić information content (AvgIpc) is 2.26. The van der Waals surface area contributed by atoms with Crippen LogP contribution in [0.5, 0.6) is 0 Å². The molecule has 0 aromatic carbocycles. The summed E-state index contributed by atoms with van der Waals surface area (Å²) in [5.74, 6) is 1.60. The molecule has 1 atom stereocenters. The minimum Gasteiger partial charge on any atom is -0.341 e. The third-order valence-electron chi connectivity index (χ3n) is 3.14. The molecule has 0 saturated heterocycles. The lowest BCUT2D eigenvalue weighted by Gasteiger charge is -2.24. The first-order valence-corrected chi connectivity index (χ1v) is 7.96. The number of rotatable bonds is 5. The Labute approximate surface area is 93.2 Å². The van der Waals surface area contributed by atoms with Gasteiger partial charge in [-0.25, -0.2) is 0 Å². The molecule has 1 N–H and O–H groups in total. The van der Waals surface area contributed by atoms with Crippen molar-refractivity contribution in [2.75, 3.05) is 0 Å². The van der Waals surface area contributed by atoms with Gasteiger partial charge in [0.15, 0.2) is 0 Å². The van der Waals surface area contributed by atoms with Gasteiger partial charge in [0.25, 0.3) is 0 Å². The first kappa shape index (κ1) is 13.0. The van der Waals surface area contributed by atoms with Crippen molar-refractivity contribution in [2.45, 2.75) is 63.9 Å². The second kappa shape index (κ2) is 6.50. The Bertz CT molecular complexity index is 242. The molecular formula is C12H23O2P. The van der Waals surface area contributed by atoms with Gasteiger partial charge in [-0.15, -0.1) is 0 Å². The maximum absolute atomic E-state index is 12.0. The fourth-order valence-corrected chi connectivity index (χ4v) is 3.92. The van der Waals surface area contributed by atoms with Gasteiger partial charge in [0, 0.05) is 5.66 Å². The summed E-state index contributed by atoms with van der Waals surface area (Å²) in [7, 11) is -2.99. The first-order valence-electron chi connectivity index (χ1n) is 6.16. The van der Waals surface area contributed by atoms with Crippen LogP contribution in [-0.2, 0) is 4.57 Å². The predicted molar refractivity (Wildman–Crippen MR) is 65.4 cm³/mol. The Morgan fingerprint density at radius 2 is 2.00 bits per heavy atom. The van der Waals surface area contributed by atoms with Gasteiger partial charge in [-0.05, 0) is 25.1 Å². The standard InChI is InChI=1S/C12H23O2P/c1-2-3-4-8-11-15(13,14)12-9-6-5-7-10-12/h8,11-12H,2-7,9-10H2,1H3,(H,13,14). The van der Waals surface area contributed by atoms with Gasteiger partial charge in [-0.2, -0.15) is 0 Å². The van der Waals surface area contributed by atoms with E-state index in [9.17, 15) is 9.46 Å². The van der Waals surface area contributed by atoms with Crippen molar-refractivity contribution in [3.8, 4) is 0 Å². The van der Waals surface area contributed by atoms with E-state index in [1.165, 1.54) is 6.42 Å². The Morgan fingerprint density at radius 3 is 2.60 bits per heavy atom. The lowest BCUT2D eigenvalue weighted by molar-refractivity contribution is 0.430. The number of hydrogen-bond acceptors (Lipinski definition) is 1. The molecule has 1 fully saturated rings. The molecule has 1 aliphatic rings. The largest absolute Gasteiger partial charge is 0.341 e. The lowest BCUT2D eigenvalue weighted by Crippen LogP contribution is -2.11. The highest BCUT2D eigenvalue weighted by Crippen LogP contribution is 2.53. The molecule has 0 spiro atoms. The average molecular weight is 230 g/mol. The van der Waals surface area contributed by atoms with E-state index in [0.29, 0.717) is 0 Å². The van der Waals surface area contributed by atoms with E-state index >= 15 is 0 Å². The fraction of sp³-hybridized carbons (Fsp3) is 0.833. The molecule has 0 aromatic heterocycles. The SMILES string of the molecule is CCCCC=CP(=O)(O)C1CCCCC1. The molecule has 3 heteroatoms. The Balaban J connectivity index is 2.42. The molecule has 15 heavy (non-hydrogen) atoms. The number of hydrogen-bond donors (Lipinski definition) is 1. The second-order valence-electron chi connectivity index (χ2n) is 4.49. The summed E-state index contributed by atoms with van der Waals surface area (Å²) in [4.78, 5) is 9.91. The minimum absolute atomic E-state index is 0.0455. The smallest absolute Gasteiger partial charge is 0.225 e. The second-order valence-corrected chi connectivity index (χ2v) is 6.86. The van der Waals surface area contributed by atoms with Gasteiger partial charge in [0.2, 0.25) is 7.37 Å². The summed E-state index contributed by atoms with van der Waals surface area (Å²) in [6, 6.07) is 0. The highest BCUT2D eigenvalue weighted by Gasteiger charge is 2.29. The van der Waals surface area contributed by atoms with E-state index in [1.807, 2.05) is 6.08 Å². The molecule has 1 aliphatic carbocycles. The van der Waals surface area contributed by atoms with Crippen LogP contribution in [0.3, 0.4) is 0 Å². The summed E-state index contributed by atoms with van der Waals surface area (Å²) in [6.45, 7) is 2.13. The Hall–Kier alpha value is -0.0700. The van der Waals surface area contributed by atoms with Gasteiger partial charge < -0.3 is 4.89 Å². The van der Waals surface area contributed by atoms with Gasteiger partial charge in [0.05, 0.1) is 0 Å². The summed E-state index contributed by atoms with van der Waals surface area (Å²) in [6.07, 6.45) is 10.4. The Kier molecular flexibility index (Phi) is 5.63. The molecule has 0 aliphatic heterocycles. The molecule has 0 amide bonds. The topological polar surface area (TPSA) is 37.3 Å². The van der Waals surface area contributed by atoms with Crippen LogP contribution in [0.1, 0.15) is 58.3 Å². The van der Waals surface area contributed by atoms with Crippen molar-refractivity contribution in [1.82, 2.24) is 0 Å². The third-order valence-corrected chi connectivity index (χ3v) is 5.34. The maximum Gasteiger partial charge on any atom is 0.225 e. The maximum atomic E-state index is 12.0. The van der Waals surface area contributed by atoms with Crippen molar-refractivity contribution in [3.63, 3.8) is 0 Å². The molecule has 0 bridgehead atoms. The van der Waals surface area contributed by atoms with Crippen molar-refractivity contribution in [1.29, 1.82) is 0 Å². The van der Waals surface area contributed by atoms with Crippen LogP contribution in [-0.4, -0.2) is 10.6 Å². The van der Waals surface area contributed by atoms with E-state index < -0.39 is 7.37 Å². The fourth-order valence-electron chi connectivity index (χ4n) is 2.12. The van der Waals surface area contributed by atoms with Gasteiger partial charge in [-0.1, -0.05) is 45.1 Å². The highest BCUT2D eigenvalue weighted by atomic mass is 31.2. The van der Waals surface area contributed by atoms with Crippen LogP contribution in [0.4, 0.5) is 0 Å². The van der Waals surface area contributed by atoms with Crippen LogP contribution in [0, 0.1) is 0 Å². The van der Waals surface area contributed by atoms with Crippen molar-refractivity contribution >= 4 is 7.37 Å². The molecule has 88 valence electrons. The van der Waals surface area contributed by atoms with Gasteiger partial charge >= 0.3 is 0 Å². The predicted octanol–water partition coefficient (Wildman–Crippen LogP) is 4.29. The van der Waals surface area contributed by atoms with Crippen molar-refractivity contribution in [2.24, 2.45) is 0 Å². The summed E-state index contributed by atoms with van der Waals surface area (Å²) in [5, 5.41) is 0. The molecule has 0 heterocycles. The molecule has 0 radical (unpaired) electrons. The molecule has 1 saturated carbocycles. The molecule has 1 rings (SSSR count). The van der Waals surface area contributed by atoms with Crippen LogP contribution >= 0.6 is 7.37 Å². The molecular weight excluding hydrogens is 207 g/mol. The van der Waals surface area contributed by atoms with Crippen molar-refractivity contribution < 1.29 is 9.46 Å². The summed E-state index contributed by atoms with van der Waals surface area (Å²) >= 11 is 0. The van der Waals surface area contributed by atoms with Crippen LogP contribution in [0.2, 0.25) is 0 Å². The molecule has 1 unspecified atom stereocenters. The zero-order valence-electron chi connectivity index (χ0n) is 9.69. The van der Waals surface area contributed by atoms with Crippen molar-refractivity contribution in [3.05, 3.63) is 11.9 Å². The lowest BCUT2D eigenvalue weighted by atomic mass is 10.0. The van der Waals surface area contributed by atoms with E-state index in [-0.39, 0.29) is 5.66 Å². The van der Waals surface area contributed by atoms with E-state index in [2.05, 4.69) is 6.92 Å². The first-order chi connectivity index (χ1) is 7.17. The number of unbranched alkanes of at least 4 members (excludes halogenated alkanes) is 2. The van der Waals surface area contributed by atoms with E-state index in [0.717, 1.165) is 44.9 Å². The third kappa shape index (κ3) is 4.53. The summed E-state index contributed by atoms with van der Waals surface area (Å²) < 4.78 is 12.0. The highest BCUT2D eigenvalue weighted by molar-refractivity contribution is 7.62. The quantitative estimate of drug-likeness (QED) is 0.565. The van der Waals surface area contributed by atoms with Crippen LogP contribution < -0.4 is 0 Å². The Morgan fingerprint density at radius 1 is 1.33 bits per heavy atom. The van der Waals surface area contributed by atoms with E-state index in [4.69, 9.17) is 0 Å². The minimum atomic E-state index is -2.99. The molecule has 2 nitrogen and oxygen atoms in total. The normalized spacial score (nSPS) is 23.1. The zero-order valence-corrected chi connectivity index (χ0v) is 10.6. The summed E-state index contributed by atoms with van der Waals surface area (Å²) in [5.41, 5.74) is 0.0455. The van der Waals surface area contributed by atoms with Crippen LogP contribution in [0.25, 0.3) is 0 Å². The van der Waals surface area contributed by atoms with Gasteiger partial charge in [-0.3, -0.25) is 4.57 Å².